The molecule has 0 saturated carbocycles. The standard InChI is InChI=1S/C12H12ClNO2/c1-3-6-14-12(15)8-16-11-5-4-9(2)7-10(11)13/h1,4-5,7H,6,8H2,2H3,(H,14,15). The highest BCUT2D eigenvalue weighted by Crippen LogP contribution is 2.24. The lowest BCUT2D eigenvalue weighted by atomic mass is 10.2. The largest absolute Gasteiger partial charge is 0.482 e. The van der Waals surface area contributed by atoms with Gasteiger partial charge >= 0.3 is 0 Å². The summed E-state index contributed by atoms with van der Waals surface area (Å²) in [6, 6.07) is 5.36. The molecule has 0 bridgehead atoms. The summed E-state index contributed by atoms with van der Waals surface area (Å²) in [5.74, 6) is 2.52. The number of rotatable bonds is 4. The Hall–Kier alpha value is -1.66. The average Bonchev–Trinajstić information content (AvgIpc) is 2.25. The van der Waals surface area contributed by atoms with Crippen LogP contribution in [0.15, 0.2) is 18.2 Å². The van der Waals surface area contributed by atoms with Crippen molar-refractivity contribution >= 4 is 17.5 Å². The van der Waals surface area contributed by atoms with E-state index >= 15 is 0 Å². The van der Waals surface area contributed by atoms with E-state index in [-0.39, 0.29) is 19.1 Å². The highest BCUT2D eigenvalue weighted by atomic mass is 35.5. The second kappa shape index (κ2) is 6.04. The summed E-state index contributed by atoms with van der Waals surface area (Å²) in [5.41, 5.74) is 1.04. The van der Waals surface area contributed by atoms with Gasteiger partial charge in [0.2, 0.25) is 0 Å². The number of amides is 1. The molecule has 0 aliphatic carbocycles. The minimum Gasteiger partial charge on any atom is -0.482 e. The van der Waals surface area contributed by atoms with Crippen molar-refractivity contribution in [2.24, 2.45) is 0 Å². The molecule has 84 valence electrons. The molecule has 1 amide bonds. The number of carbonyl (C=O) groups excluding carboxylic acids is 1. The third kappa shape index (κ3) is 3.84. The average molecular weight is 238 g/mol. The molecule has 16 heavy (non-hydrogen) atoms. The second-order valence-corrected chi connectivity index (χ2v) is 3.61. The SMILES string of the molecule is C#CCNC(=O)COc1ccc(C)cc1Cl. The molecule has 3 nitrogen and oxygen atoms in total. The summed E-state index contributed by atoms with van der Waals surface area (Å²) in [6.45, 7) is 2.03. The van der Waals surface area contributed by atoms with Crippen LogP contribution in [0, 0.1) is 19.3 Å². The fourth-order valence-electron chi connectivity index (χ4n) is 1.07. The highest BCUT2D eigenvalue weighted by Gasteiger charge is 2.04. The number of ether oxygens (including phenoxy) is 1. The maximum atomic E-state index is 11.2. The molecule has 0 spiro atoms. The first kappa shape index (κ1) is 12.4. The Morgan fingerprint density at radius 3 is 3.00 bits per heavy atom. The lowest BCUT2D eigenvalue weighted by Gasteiger charge is -2.07. The van der Waals surface area contributed by atoms with Crippen LogP contribution in [0.3, 0.4) is 0 Å². The third-order valence-corrected chi connectivity index (χ3v) is 2.13. The van der Waals surface area contributed by atoms with E-state index in [0.29, 0.717) is 10.8 Å². The van der Waals surface area contributed by atoms with Gasteiger partial charge in [0.15, 0.2) is 6.61 Å². The van der Waals surface area contributed by atoms with Crippen molar-refractivity contribution in [3.8, 4) is 18.1 Å². The first-order valence-corrected chi connectivity index (χ1v) is 5.10. The molecular formula is C12H12ClNO2. The van der Waals surface area contributed by atoms with E-state index in [1.54, 1.807) is 12.1 Å². The molecule has 0 radical (unpaired) electrons. The Morgan fingerprint density at radius 1 is 1.62 bits per heavy atom. The van der Waals surface area contributed by atoms with E-state index in [2.05, 4.69) is 11.2 Å². The van der Waals surface area contributed by atoms with E-state index in [1.165, 1.54) is 0 Å². The van der Waals surface area contributed by atoms with Crippen LogP contribution in [0.5, 0.6) is 5.75 Å². The van der Waals surface area contributed by atoms with Gasteiger partial charge < -0.3 is 10.1 Å². The molecule has 1 aromatic carbocycles. The van der Waals surface area contributed by atoms with Crippen LogP contribution in [0.4, 0.5) is 0 Å². The second-order valence-electron chi connectivity index (χ2n) is 3.20. The smallest absolute Gasteiger partial charge is 0.258 e. The summed E-state index contributed by atoms with van der Waals surface area (Å²) in [4.78, 5) is 11.2. The molecule has 1 aromatic rings. The van der Waals surface area contributed by atoms with Crippen LogP contribution in [0.25, 0.3) is 0 Å². The summed E-state index contributed by atoms with van der Waals surface area (Å²) < 4.78 is 5.24. The van der Waals surface area contributed by atoms with E-state index in [4.69, 9.17) is 22.8 Å². The van der Waals surface area contributed by atoms with Crippen LogP contribution < -0.4 is 10.1 Å². The summed E-state index contributed by atoms with van der Waals surface area (Å²) in [5, 5.41) is 2.98. The van der Waals surface area contributed by atoms with Crippen molar-refractivity contribution in [1.29, 1.82) is 0 Å². The fraction of sp³-hybridized carbons (Fsp3) is 0.250. The molecule has 0 aliphatic heterocycles. The maximum Gasteiger partial charge on any atom is 0.258 e. The number of aryl methyl sites for hydroxylation is 1. The zero-order chi connectivity index (χ0) is 12.0. The van der Waals surface area contributed by atoms with Crippen LogP contribution in [0.1, 0.15) is 5.56 Å². The Labute approximate surface area is 99.7 Å². The molecule has 0 aliphatic rings. The number of halogens is 1. The number of benzene rings is 1. The number of terminal acetylenes is 1. The predicted octanol–water partition coefficient (Wildman–Crippen LogP) is 1.78. The topological polar surface area (TPSA) is 38.3 Å². The highest BCUT2D eigenvalue weighted by molar-refractivity contribution is 6.32. The molecule has 4 heteroatoms. The van der Waals surface area contributed by atoms with Gasteiger partial charge in [0.05, 0.1) is 11.6 Å². The molecule has 0 aromatic heterocycles. The maximum absolute atomic E-state index is 11.2. The van der Waals surface area contributed by atoms with Crippen LogP contribution >= 0.6 is 11.6 Å². The first-order chi connectivity index (χ1) is 7.63. The van der Waals surface area contributed by atoms with Crippen molar-refractivity contribution in [2.75, 3.05) is 13.2 Å². The van der Waals surface area contributed by atoms with Gasteiger partial charge in [-0.1, -0.05) is 23.6 Å². The zero-order valence-electron chi connectivity index (χ0n) is 8.92. The van der Waals surface area contributed by atoms with E-state index in [0.717, 1.165) is 5.56 Å². The lowest BCUT2D eigenvalue weighted by Crippen LogP contribution is -2.29. The summed E-state index contributed by atoms with van der Waals surface area (Å²) in [6.07, 6.45) is 5.00. The van der Waals surface area contributed by atoms with E-state index in [9.17, 15) is 4.79 Å². The Balaban J connectivity index is 2.49. The molecule has 0 unspecified atom stereocenters. The quantitative estimate of drug-likeness (QED) is 0.811. The zero-order valence-corrected chi connectivity index (χ0v) is 9.67. The molecular weight excluding hydrogens is 226 g/mol. The number of hydrogen-bond donors (Lipinski definition) is 1. The Kier molecular flexibility index (Phi) is 4.68. The predicted molar refractivity (Wildman–Crippen MR) is 63.5 cm³/mol. The van der Waals surface area contributed by atoms with Crippen molar-refractivity contribution in [2.45, 2.75) is 6.92 Å². The van der Waals surface area contributed by atoms with Crippen LogP contribution in [-0.4, -0.2) is 19.1 Å². The summed E-state index contributed by atoms with van der Waals surface area (Å²) in [7, 11) is 0. The monoisotopic (exact) mass is 237 g/mol. The Bertz CT molecular complexity index is 424. The molecule has 0 heterocycles. The van der Waals surface area contributed by atoms with Gasteiger partial charge in [0.25, 0.3) is 5.91 Å². The van der Waals surface area contributed by atoms with Gasteiger partial charge in [0.1, 0.15) is 5.75 Å². The molecule has 1 rings (SSSR count). The molecule has 0 saturated heterocycles. The van der Waals surface area contributed by atoms with Gasteiger partial charge in [-0.25, -0.2) is 0 Å². The van der Waals surface area contributed by atoms with Crippen LogP contribution in [0.2, 0.25) is 5.02 Å². The number of hydrogen-bond acceptors (Lipinski definition) is 2. The van der Waals surface area contributed by atoms with Crippen molar-refractivity contribution in [1.82, 2.24) is 5.32 Å². The third-order valence-electron chi connectivity index (χ3n) is 1.83. The van der Waals surface area contributed by atoms with Gasteiger partial charge in [-0.3, -0.25) is 4.79 Å². The van der Waals surface area contributed by atoms with Gasteiger partial charge in [-0.05, 0) is 24.6 Å². The van der Waals surface area contributed by atoms with Crippen LogP contribution in [-0.2, 0) is 4.79 Å². The van der Waals surface area contributed by atoms with E-state index in [1.807, 2.05) is 13.0 Å². The lowest BCUT2D eigenvalue weighted by molar-refractivity contribution is -0.122. The fourth-order valence-corrected chi connectivity index (χ4v) is 1.36. The molecule has 0 atom stereocenters. The normalized spacial score (nSPS) is 9.31. The molecule has 1 N–H and O–H groups in total. The first-order valence-electron chi connectivity index (χ1n) is 4.72. The van der Waals surface area contributed by atoms with Gasteiger partial charge in [0, 0.05) is 0 Å². The summed E-state index contributed by atoms with van der Waals surface area (Å²) >= 11 is 5.93. The van der Waals surface area contributed by atoms with E-state index < -0.39 is 0 Å². The van der Waals surface area contributed by atoms with Crippen molar-refractivity contribution < 1.29 is 9.53 Å². The van der Waals surface area contributed by atoms with Gasteiger partial charge in [-0.15, -0.1) is 6.42 Å². The van der Waals surface area contributed by atoms with Gasteiger partial charge in [-0.2, -0.15) is 0 Å². The number of nitrogens with one attached hydrogen (secondary N) is 1. The van der Waals surface area contributed by atoms with Crippen molar-refractivity contribution in [3.63, 3.8) is 0 Å². The number of carbonyl (C=O) groups is 1. The van der Waals surface area contributed by atoms with Crippen molar-refractivity contribution in [3.05, 3.63) is 28.8 Å². The minimum atomic E-state index is -0.269. The Morgan fingerprint density at radius 2 is 2.38 bits per heavy atom. The minimum absolute atomic E-state index is 0.0928. The molecule has 0 fully saturated rings.